The largest absolute Gasteiger partial charge is 0.384 e. The Hall–Kier alpha value is -1.32. The lowest BCUT2D eigenvalue weighted by atomic mass is 10.1. The minimum atomic E-state index is 0.494. The van der Waals surface area contributed by atoms with Gasteiger partial charge in [0.2, 0.25) is 0 Å². The molecule has 3 N–H and O–H groups in total. The summed E-state index contributed by atoms with van der Waals surface area (Å²) in [5.41, 5.74) is 5.72. The van der Waals surface area contributed by atoms with Gasteiger partial charge in [-0.3, -0.25) is 0 Å². The summed E-state index contributed by atoms with van der Waals surface area (Å²) in [7, 11) is 0. The van der Waals surface area contributed by atoms with Gasteiger partial charge in [-0.1, -0.05) is 33.1 Å². The monoisotopic (exact) mass is 236 g/mol. The summed E-state index contributed by atoms with van der Waals surface area (Å²) in [6.07, 6.45) is 6.02. The normalized spacial score (nSPS) is 12.4. The number of aromatic nitrogens is 2. The molecule has 0 aliphatic carbocycles. The fourth-order valence-electron chi connectivity index (χ4n) is 1.96. The van der Waals surface area contributed by atoms with Crippen molar-refractivity contribution in [3.8, 4) is 0 Å². The summed E-state index contributed by atoms with van der Waals surface area (Å²) in [4.78, 5) is 8.44. The first-order chi connectivity index (χ1) is 8.15. The minimum absolute atomic E-state index is 0.494. The Labute approximate surface area is 104 Å². The average Bonchev–Trinajstić information content (AvgIpc) is 2.24. The zero-order valence-electron chi connectivity index (χ0n) is 11.2. The summed E-state index contributed by atoms with van der Waals surface area (Å²) >= 11 is 0. The first kappa shape index (κ1) is 13.7. The van der Waals surface area contributed by atoms with E-state index in [0.29, 0.717) is 11.9 Å². The maximum absolute atomic E-state index is 5.72. The molecule has 1 heterocycles. The standard InChI is InChI=1S/C13H24N4/c1-4-6-8-11(7-5-2)17-13-9-12(14)15-10(3)16-13/h9,11H,4-8H2,1-3H3,(H3,14,15,16,17). The molecule has 1 aromatic heterocycles. The van der Waals surface area contributed by atoms with Gasteiger partial charge in [0.15, 0.2) is 0 Å². The van der Waals surface area contributed by atoms with Crippen molar-refractivity contribution in [2.24, 2.45) is 0 Å². The highest BCUT2D eigenvalue weighted by Gasteiger charge is 2.08. The van der Waals surface area contributed by atoms with Crippen molar-refractivity contribution in [1.29, 1.82) is 0 Å². The number of nitrogens with zero attached hydrogens (tertiary/aromatic N) is 2. The van der Waals surface area contributed by atoms with Crippen LogP contribution in [0.4, 0.5) is 11.6 Å². The second-order valence-electron chi connectivity index (χ2n) is 4.50. The van der Waals surface area contributed by atoms with Gasteiger partial charge in [-0.15, -0.1) is 0 Å². The van der Waals surface area contributed by atoms with Gasteiger partial charge in [0, 0.05) is 12.1 Å². The molecule has 0 fully saturated rings. The zero-order valence-corrected chi connectivity index (χ0v) is 11.2. The lowest BCUT2D eigenvalue weighted by Gasteiger charge is -2.18. The van der Waals surface area contributed by atoms with E-state index < -0.39 is 0 Å². The van der Waals surface area contributed by atoms with Crippen LogP contribution in [-0.4, -0.2) is 16.0 Å². The molecule has 4 nitrogen and oxygen atoms in total. The maximum atomic E-state index is 5.72. The van der Waals surface area contributed by atoms with Crippen LogP contribution in [0.25, 0.3) is 0 Å². The molecule has 0 aliphatic heterocycles. The number of nitrogens with one attached hydrogen (secondary N) is 1. The van der Waals surface area contributed by atoms with Gasteiger partial charge in [-0.05, 0) is 19.8 Å². The Bertz CT molecular complexity index is 318. The van der Waals surface area contributed by atoms with E-state index in [9.17, 15) is 0 Å². The van der Waals surface area contributed by atoms with E-state index in [1.165, 1.54) is 32.1 Å². The van der Waals surface area contributed by atoms with Crippen LogP contribution in [0.15, 0.2) is 6.07 Å². The van der Waals surface area contributed by atoms with E-state index in [1.54, 1.807) is 0 Å². The fourth-order valence-corrected chi connectivity index (χ4v) is 1.96. The third-order valence-corrected chi connectivity index (χ3v) is 2.75. The zero-order chi connectivity index (χ0) is 12.7. The van der Waals surface area contributed by atoms with Crippen LogP contribution in [0.5, 0.6) is 0 Å². The van der Waals surface area contributed by atoms with Crippen molar-refractivity contribution in [3.05, 3.63) is 11.9 Å². The topological polar surface area (TPSA) is 63.8 Å². The third-order valence-electron chi connectivity index (χ3n) is 2.75. The third kappa shape index (κ3) is 5.02. The Morgan fingerprint density at radius 3 is 2.59 bits per heavy atom. The highest BCUT2D eigenvalue weighted by Crippen LogP contribution is 2.15. The Kier molecular flexibility index (Phi) is 5.73. The molecule has 17 heavy (non-hydrogen) atoms. The van der Waals surface area contributed by atoms with Crippen molar-refractivity contribution in [2.45, 2.75) is 58.9 Å². The SMILES string of the molecule is CCCCC(CCC)Nc1cc(N)nc(C)n1. The Morgan fingerprint density at radius 1 is 1.24 bits per heavy atom. The molecule has 0 aromatic carbocycles. The molecule has 1 unspecified atom stereocenters. The van der Waals surface area contributed by atoms with E-state index in [0.717, 1.165) is 11.6 Å². The molecule has 1 rings (SSSR count). The molecule has 0 aliphatic rings. The van der Waals surface area contributed by atoms with Gasteiger partial charge >= 0.3 is 0 Å². The molecule has 0 amide bonds. The molecular weight excluding hydrogens is 212 g/mol. The van der Waals surface area contributed by atoms with Crippen LogP contribution in [-0.2, 0) is 0 Å². The lowest BCUT2D eigenvalue weighted by Crippen LogP contribution is -2.20. The number of rotatable bonds is 7. The molecule has 96 valence electrons. The van der Waals surface area contributed by atoms with Gasteiger partial charge in [0.25, 0.3) is 0 Å². The quantitative estimate of drug-likeness (QED) is 0.763. The van der Waals surface area contributed by atoms with Crippen molar-refractivity contribution in [3.63, 3.8) is 0 Å². The molecule has 0 bridgehead atoms. The number of unbranched alkanes of at least 4 members (excludes halogenated alkanes) is 1. The number of hydrogen-bond donors (Lipinski definition) is 2. The Balaban J connectivity index is 2.63. The second kappa shape index (κ2) is 7.09. The number of hydrogen-bond acceptors (Lipinski definition) is 4. The molecule has 0 spiro atoms. The first-order valence-electron chi connectivity index (χ1n) is 6.53. The van der Waals surface area contributed by atoms with Crippen molar-refractivity contribution < 1.29 is 0 Å². The van der Waals surface area contributed by atoms with Gasteiger partial charge in [0.05, 0.1) is 0 Å². The molecule has 0 saturated carbocycles. The Morgan fingerprint density at radius 2 is 2.00 bits per heavy atom. The predicted octanol–water partition coefficient (Wildman–Crippen LogP) is 3.14. The summed E-state index contributed by atoms with van der Waals surface area (Å²) in [5, 5.41) is 3.47. The molecule has 1 aromatic rings. The summed E-state index contributed by atoms with van der Waals surface area (Å²) in [6, 6.07) is 2.30. The van der Waals surface area contributed by atoms with Crippen LogP contribution in [0, 0.1) is 6.92 Å². The summed E-state index contributed by atoms with van der Waals surface area (Å²) in [6.45, 7) is 6.29. The number of anilines is 2. The van der Waals surface area contributed by atoms with E-state index in [2.05, 4.69) is 29.1 Å². The molecular formula is C13H24N4. The van der Waals surface area contributed by atoms with E-state index in [-0.39, 0.29) is 0 Å². The van der Waals surface area contributed by atoms with Gasteiger partial charge in [-0.25, -0.2) is 9.97 Å². The smallest absolute Gasteiger partial charge is 0.132 e. The van der Waals surface area contributed by atoms with Gasteiger partial charge in [0.1, 0.15) is 17.5 Å². The van der Waals surface area contributed by atoms with Crippen molar-refractivity contribution in [1.82, 2.24) is 9.97 Å². The van der Waals surface area contributed by atoms with Crippen molar-refractivity contribution in [2.75, 3.05) is 11.1 Å². The average molecular weight is 236 g/mol. The molecule has 4 heteroatoms. The molecule has 1 atom stereocenters. The highest BCUT2D eigenvalue weighted by atomic mass is 15.1. The molecule has 0 saturated heterocycles. The van der Waals surface area contributed by atoms with Crippen molar-refractivity contribution >= 4 is 11.6 Å². The first-order valence-corrected chi connectivity index (χ1v) is 6.53. The van der Waals surface area contributed by atoms with Crippen LogP contribution < -0.4 is 11.1 Å². The van der Waals surface area contributed by atoms with E-state index in [4.69, 9.17) is 5.73 Å². The number of aryl methyl sites for hydroxylation is 1. The van der Waals surface area contributed by atoms with E-state index in [1.807, 2.05) is 13.0 Å². The number of nitrogens with two attached hydrogens (primary N) is 1. The maximum Gasteiger partial charge on any atom is 0.132 e. The summed E-state index contributed by atoms with van der Waals surface area (Å²) in [5.74, 6) is 2.11. The van der Waals surface area contributed by atoms with Gasteiger partial charge < -0.3 is 11.1 Å². The van der Waals surface area contributed by atoms with Crippen LogP contribution in [0.3, 0.4) is 0 Å². The lowest BCUT2D eigenvalue weighted by molar-refractivity contribution is 0.562. The highest BCUT2D eigenvalue weighted by molar-refractivity contribution is 5.45. The minimum Gasteiger partial charge on any atom is -0.384 e. The van der Waals surface area contributed by atoms with Crippen LogP contribution >= 0.6 is 0 Å². The van der Waals surface area contributed by atoms with Crippen LogP contribution in [0.1, 0.15) is 51.8 Å². The van der Waals surface area contributed by atoms with Gasteiger partial charge in [-0.2, -0.15) is 0 Å². The summed E-state index contributed by atoms with van der Waals surface area (Å²) < 4.78 is 0. The second-order valence-corrected chi connectivity index (χ2v) is 4.50. The van der Waals surface area contributed by atoms with E-state index >= 15 is 0 Å². The van der Waals surface area contributed by atoms with Crippen LogP contribution in [0.2, 0.25) is 0 Å². The number of nitrogen functional groups attached to an aromatic ring is 1. The molecule has 0 radical (unpaired) electrons. The fraction of sp³-hybridized carbons (Fsp3) is 0.692. The predicted molar refractivity (Wildman–Crippen MR) is 73.0 cm³/mol.